The Morgan fingerprint density at radius 2 is 1.62 bits per heavy atom. The van der Waals surface area contributed by atoms with Gasteiger partial charge in [-0.05, 0) is 20.8 Å². The zero-order valence-corrected chi connectivity index (χ0v) is 10.2. The maximum absolute atomic E-state index is 11.7. The van der Waals surface area contributed by atoms with Gasteiger partial charge in [-0.3, -0.25) is 9.59 Å². The summed E-state index contributed by atoms with van der Waals surface area (Å²) in [5, 5.41) is 2.62. The van der Waals surface area contributed by atoms with E-state index in [0.717, 1.165) is 0 Å². The molecule has 90 valence electrons. The van der Waals surface area contributed by atoms with Crippen molar-refractivity contribution in [2.24, 2.45) is 0 Å². The molecule has 0 aliphatic rings. The van der Waals surface area contributed by atoms with Crippen molar-refractivity contribution in [3.63, 3.8) is 0 Å². The van der Waals surface area contributed by atoms with Crippen LogP contribution in [0.25, 0.3) is 0 Å². The number of carbonyl (C=O) groups is 2. The van der Waals surface area contributed by atoms with Crippen LogP contribution >= 0.6 is 0 Å². The number of carbonyl (C=O) groups excluding carboxylic acids is 2. The molecule has 0 bridgehead atoms. The van der Waals surface area contributed by atoms with E-state index < -0.39 is 17.4 Å². The van der Waals surface area contributed by atoms with E-state index >= 15 is 0 Å². The van der Waals surface area contributed by atoms with Crippen LogP contribution in [0.4, 0.5) is 0 Å². The lowest BCUT2D eigenvalue weighted by molar-refractivity contribution is -0.146. The molecule has 0 radical (unpaired) electrons. The predicted molar refractivity (Wildman–Crippen MR) is 64.9 cm³/mol. The Morgan fingerprint density at radius 3 is 1.94 bits per heavy atom. The number of amides is 2. The fourth-order valence-corrected chi connectivity index (χ4v) is 1.09. The predicted octanol–water partition coefficient (Wildman–Crippen LogP) is 1.10. The molecule has 0 rings (SSSR count). The molecule has 0 aliphatic heterocycles. The van der Waals surface area contributed by atoms with Gasteiger partial charge in [0.15, 0.2) is 0 Å². The zero-order chi connectivity index (χ0) is 12.8. The highest BCUT2D eigenvalue weighted by molar-refractivity contribution is 6.35. The van der Waals surface area contributed by atoms with E-state index in [-0.39, 0.29) is 0 Å². The van der Waals surface area contributed by atoms with Crippen LogP contribution in [0.1, 0.15) is 20.8 Å². The van der Waals surface area contributed by atoms with E-state index in [2.05, 4.69) is 18.5 Å². The average molecular weight is 224 g/mol. The van der Waals surface area contributed by atoms with Gasteiger partial charge in [0.1, 0.15) is 0 Å². The Bertz CT molecular complexity index is 280. The molecule has 0 atom stereocenters. The Balaban J connectivity index is 4.54. The minimum absolute atomic E-state index is 0.336. The quantitative estimate of drug-likeness (QED) is 0.574. The molecule has 0 heterocycles. The molecule has 0 saturated carbocycles. The summed E-state index contributed by atoms with van der Waals surface area (Å²) in [5.74, 6) is -1.16. The largest absolute Gasteiger partial charge is 0.343 e. The SMILES string of the molecule is C=CCN(CC=C)C(=O)C(=O)NC(C)(C)C. The van der Waals surface area contributed by atoms with Gasteiger partial charge in [-0.25, -0.2) is 0 Å². The van der Waals surface area contributed by atoms with Gasteiger partial charge in [-0.15, -0.1) is 13.2 Å². The van der Waals surface area contributed by atoms with Gasteiger partial charge in [-0.1, -0.05) is 12.2 Å². The van der Waals surface area contributed by atoms with E-state index in [0.29, 0.717) is 13.1 Å². The molecular weight excluding hydrogens is 204 g/mol. The van der Waals surface area contributed by atoms with E-state index in [1.807, 2.05) is 20.8 Å². The number of nitrogens with zero attached hydrogens (tertiary/aromatic N) is 1. The highest BCUT2D eigenvalue weighted by Crippen LogP contribution is 2.00. The smallest absolute Gasteiger partial charge is 0.312 e. The highest BCUT2D eigenvalue weighted by atomic mass is 16.2. The van der Waals surface area contributed by atoms with Crippen LogP contribution in [-0.4, -0.2) is 35.3 Å². The first-order chi connectivity index (χ1) is 7.31. The topological polar surface area (TPSA) is 49.4 Å². The molecule has 16 heavy (non-hydrogen) atoms. The lowest BCUT2D eigenvalue weighted by Crippen LogP contribution is -2.49. The average Bonchev–Trinajstić information content (AvgIpc) is 2.13. The molecule has 0 fully saturated rings. The minimum atomic E-state index is -0.601. The van der Waals surface area contributed by atoms with Crippen LogP contribution < -0.4 is 5.32 Å². The lowest BCUT2D eigenvalue weighted by Gasteiger charge is -2.23. The van der Waals surface area contributed by atoms with Crippen molar-refractivity contribution in [2.45, 2.75) is 26.3 Å². The second kappa shape index (κ2) is 6.10. The van der Waals surface area contributed by atoms with Crippen molar-refractivity contribution in [1.82, 2.24) is 10.2 Å². The van der Waals surface area contributed by atoms with Crippen LogP contribution in [0.5, 0.6) is 0 Å². The molecule has 4 nitrogen and oxygen atoms in total. The molecule has 2 amide bonds. The summed E-state index contributed by atoms with van der Waals surface area (Å²) in [6, 6.07) is 0. The number of rotatable bonds is 4. The van der Waals surface area contributed by atoms with Crippen LogP contribution in [-0.2, 0) is 9.59 Å². The summed E-state index contributed by atoms with van der Waals surface area (Å²) in [4.78, 5) is 24.7. The third-order valence-corrected chi connectivity index (χ3v) is 1.67. The number of nitrogens with one attached hydrogen (secondary N) is 1. The summed E-state index contributed by atoms with van der Waals surface area (Å²) < 4.78 is 0. The van der Waals surface area contributed by atoms with Crippen LogP contribution in [0.15, 0.2) is 25.3 Å². The summed E-state index contributed by atoms with van der Waals surface area (Å²) in [6.07, 6.45) is 3.15. The van der Waals surface area contributed by atoms with Gasteiger partial charge in [0, 0.05) is 18.6 Å². The van der Waals surface area contributed by atoms with E-state index in [1.54, 1.807) is 12.2 Å². The minimum Gasteiger partial charge on any atom is -0.343 e. The van der Waals surface area contributed by atoms with Crippen molar-refractivity contribution >= 4 is 11.8 Å². The first-order valence-corrected chi connectivity index (χ1v) is 5.15. The van der Waals surface area contributed by atoms with Crippen molar-refractivity contribution in [2.75, 3.05) is 13.1 Å². The Morgan fingerprint density at radius 1 is 1.19 bits per heavy atom. The molecule has 0 unspecified atom stereocenters. The van der Waals surface area contributed by atoms with Gasteiger partial charge in [-0.2, -0.15) is 0 Å². The van der Waals surface area contributed by atoms with Crippen molar-refractivity contribution in [3.05, 3.63) is 25.3 Å². The Labute approximate surface area is 97.0 Å². The maximum Gasteiger partial charge on any atom is 0.312 e. The van der Waals surface area contributed by atoms with Crippen molar-refractivity contribution < 1.29 is 9.59 Å². The second-order valence-electron chi connectivity index (χ2n) is 4.49. The lowest BCUT2D eigenvalue weighted by atomic mass is 10.1. The summed E-state index contributed by atoms with van der Waals surface area (Å²) in [5.41, 5.74) is -0.416. The van der Waals surface area contributed by atoms with Crippen molar-refractivity contribution in [1.29, 1.82) is 0 Å². The first kappa shape index (κ1) is 14.4. The standard InChI is InChI=1S/C12H20N2O2/c1-6-8-14(9-7-2)11(16)10(15)13-12(3,4)5/h6-7H,1-2,8-9H2,3-5H3,(H,13,15). The van der Waals surface area contributed by atoms with Gasteiger partial charge in [0.25, 0.3) is 0 Å². The fourth-order valence-electron chi connectivity index (χ4n) is 1.09. The van der Waals surface area contributed by atoms with Gasteiger partial charge >= 0.3 is 11.8 Å². The second-order valence-corrected chi connectivity index (χ2v) is 4.49. The van der Waals surface area contributed by atoms with E-state index in [9.17, 15) is 9.59 Å². The normalized spacial score (nSPS) is 10.4. The first-order valence-electron chi connectivity index (χ1n) is 5.15. The Hall–Kier alpha value is -1.58. The third kappa shape index (κ3) is 5.34. The molecule has 4 heteroatoms. The summed E-state index contributed by atoms with van der Waals surface area (Å²) >= 11 is 0. The molecular formula is C12H20N2O2. The molecule has 0 aromatic rings. The third-order valence-electron chi connectivity index (χ3n) is 1.67. The molecule has 0 spiro atoms. The Kier molecular flexibility index (Phi) is 5.50. The van der Waals surface area contributed by atoms with Crippen molar-refractivity contribution in [3.8, 4) is 0 Å². The summed E-state index contributed by atoms with van der Waals surface area (Å²) in [6.45, 7) is 13.2. The monoisotopic (exact) mass is 224 g/mol. The van der Waals surface area contributed by atoms with Crippen LogP contribution in [0.3, 0.4) is 0 Å². The fraction of sp³-hybridized carbons (Fsp3) is 0.500. The zero-order valence-electron chi connectivity index (χ0n) is 10.2. The molecule has 1 N–H and O–H groups in total. The van der Waals surface area contributed by atoms with E-state index in [4.69, 9.17) is 0 Å². The molecule has 0 saturated heterocycles. The van der Waals surface area contributed by atoms with Crippen LogP contribution in [0.2, 0.25) is 0 Å². The molecule has 0 aromatic carbocycles. The molecule has 0 aromatic heterocycles. The van der Waals surface area contributed by atoms with Crippen LogP contribution in [0, 0.1) is 0 Å². The van der Waals surface area contributed by atoms with Gasteiger partial charge in [0.2, 0.25) is 0 Å². The number of hydrogen-bond donors (Lipinski definition) is 1. The summed E-state index contributed by atoms with van der Waals surface area (Å²) in [7, 11) is 0. The van der Waals surface area contributed by atoms with E-state index in [1.165, 1.54) is 4.90 Å². The highest BCUT2D eigenvalue weighted by Gasteiger charge is 2.23. The number of hydrogen-bond acceptors (Lipinski definition) is 2. The van der Waals surface area contributed by atoms with Gasteiger partial charge in [0.05, 0.1) is 0 Å². The molecule has 0 aliphatic carbocycles. The maximum atomic E-state index is 11.7. The van der Waals surface area contributed by atoms with Gasteiger partial charge < -0.3 is 10.2 Å².